The number of ether oxygens (including phenoxy) is 3. The SMILES string of the molecule is CC.CC.CCC/C(C)=C/C(OC)=C(/O)CC.CCCCCOc1cc(C(C)=O)ccc1OC. The molecule has 0 heterocycles. The van der Waals surface area contributed by atoms with Gasteiger partial charge in [0.2, 0.25) is 0 Å². The van der Waals surface area contributed by atoms with Gasteiger partial charge >= 0.3 is 0 Å². The molecule has 0 saturated carbocycles. The first kappa shape index (κ1) is 36.1. The maximum Gasteiger partial charge on any atom is 0.161 e. The monoisotopic (exact) mass is 480 g/mol. The Hall–Kier alpha value is -2.43. The summed E-state index contributed by atoms with van der Waals surface area (Å²) in [6.07, 6.45) is 8.00. The Morgan fingerprint density at radius 1 is 0.941 bits per heavy atom. The van der Waals surface area contributed by atoms with Crippen LogP contribution in [0.2, 0.25) is 0 Å². The summed E-state index contributed by atoms with van der Waals surface area (Å²) in [6, 6.07) is 5.26. The van der Waals surface area contributed by atoms with E-state index in [1.807, 2.05) is 47.6 Å². The van der Waals surface area contributed by atoms with Gasteiger partial charge in [-0.2, -0.15) is 0 Å². The van der Waals surface area contributed by atoms with Gasteiger partial charge in [0.1, 0.15) is 5.76 Å². The number of unbranched alkanes of at least 4 members (excludes halogenated alkanes) is 2. The van der Waals surface area contributed by atoms with Gasteiger partial charge in [0.15, 0.2) is 23.0 Å². The van der Waals surface area contributed by atoms with Crippen LogP contribution in [-0.2, 0) is 4.74 Å². The van der Waals surface area contributed by atoms with Crippen LogP contribution < -0.4 is 9.47 Å². The van der Waals surface area contributed by atoms with E-state index in [9.17, 15) is 9.90 Å². The third-order valence-corrected chi connectivity index (χ3v) is 4.44. The van der Waals surface area contributed by atoms with Crippen molar-refractivity contribution in [1.29, 1.82) is 0 Å². The molecule has 0 aromatic heterocycles. The Kier molecular flexibility index (Phi) is 26.8. The molecule has 0 radical (unpaired) electrons. The lowest BCUT2D eigenvalue weighted by Crippen LogP contribution is -2.01. The van der Waals surface area contributed by atoms with Crippen LogP contribution in [0.25, 0.3) is 0 Å². The van der Waals surface area contributed by atoms with Gasteiger partial charge in [-0.1, -0.05) is 73.3 Å². The second kappa shape index (κ2) is 25.2. The van der Waals surface area contributed by atoms with E-state index in [0.717, 1.165) is 32.1 Å². The van der Waals surface area contributed by atoms with Crippen molar-refractivity contribution in [3.63, 3.8) is 0 Å². The number of ketones is 1. The number of carbonyl (C=O) groups excluding carboxylic acids is 1. The molecule has 0 fully saturated rings. The Morgan fingerprint density at radius 3 is 2.00 bits per heavy atom. The number of aliphatic hydroxyl groups excluding tert-OH is 1. The minimum atomic E-state index is 0.0334. The van der Waals surface area contributed by atoms with Crippen molar-refractivity contribution in [3.8, 4) is 11.5 Å². The van der Waals surface area contributed by atoms with E-state index >= 15 is 0 Å². The molecule has 0 bridgehead atoms. The first-order valence-electron chi connectivity index (χ1n) is 12.8. The first-order chi connectivity index (χ1) is 16.3. The molecule has 1 aromatic carbocycles. The predicted octanol–water partition coefficient (Wildman–Crippen LogP) is 9.08. The van der Waals surface area contributed by atoms with Crippen LogP contribution in [0, 0.1) is 0 Å². The Labute approximate surface area is 210 Å². The lowest BCUT2D eigenvalue weighted by atomic mass is 10.1. The number of rotatable bonds is 12. The van der Waals surface area contributed by atoms with Gasteiger partial charge < -0.3 is 19.3 Å². The Bertz CT molecular complexity index is 690. The normalized spacial score (nSPS) is 10.7. The summed E-state index contributed by atoms with van der Waals surface area (Å²) in [5.41, 5.74) is 1.88. The smallest absolute Gasteiger partial charge is 0.161 e. The van der Waals surface area contributed by atoms with Gasteiger partial charge in [-0.05, 0) is 51.0 Å². The zero-order valence-corrected chi connectivity index (χ0v) is 23.8. The molecule has 5 nitrogen and oxygen atoms in total. The average Bonchev–Trinajstić information content (AvgIpc) is 2.87. The molecule has 0 aliphatic rings. The minimum absolute atomic E-state index is 0.0334. The van der Waals surface area contributed by atoms with Crippen molar-refractivity contribution >= 4 is 5.78 Å². The van der Waals surface area contributed by atoms with Gasteiger partial charge in [0, 0.05) is 12.0 Å². The predicted molar refractivity (Wildman–Crippen MR) is 146 cm³/mol. The fraction of sp³-hybridized carbons (Fsp3) is 0.621. The second-order valence-electron chi connectivity index (χ2n) is 7.09. The topological polar surface area (TPSA) is 65.0 Å². The van der Waals surface area contributed by atoms with Crippen LogP contribution in [0.4, 0.5) is 0 Å². The standard InChI is InChI=1S/C14H20O3.C11H20O2.2C2H6/c1-4-5-6-9-17-14-10-12(11(2)15)7-8-13(14)16-3;1-5-7-9(3)8-11(13-4)10(12)6-2;2*1-2/h7-8,10H,4-6,9H2,1-3H3;8,12H,5-7H2,1-4H3;2*1-2H3/b;9-8+,11-10-;;. The number of hydrogen-bond donors (Lipinski definition) is 1. The number of allylic oxidation sites excluding steroid dienone is 3. The van der Waals surface area contributed by atoms with Crippen LogP contribution in [-0.4, -0.2) is 31.7 Å². The molecule has 1 N–H and O–H groups in total. The van der Waals surface area contributed by atoms with Crippen molar-refractivity contribution in [1.82, 2.24) is 0 Å². The largest absolute Gasteiger partial charge is 0.508 e. The summed E-state index contributed by atoms with van der Waals surface area (Å²) in [4.78, 5) is 11.3. The summed E-state index contributed by atoms with van der Waals surface area (Å²) >= 11 is 0. The average molecular weight is 481 g/mol. The molecular formula is C29H52O5. The van der Waals surface area contributed by atoms with Gasteiger partial charge in [-0.3, -0.25) is 4.79 Å². The molecular weight excluding hydrogens is 428 g/mol. The Balaban J connectivity index is -0.000000507. The maximum absolute atomic E-state index is 11.3. The van der Waals surface area contributed by atoms with E-state index in [-0.39, 0.29) is 5.78 Å². The maximum atomic E-state index is 11.3. The first-order valence-corrected chi connectivity index (χ1v) is 12.8. The number of benzene rings is 1. The van der Waals surface area contributed by atoms with Crippen molar-refractivity contribution in [2.24, 2.45) is 0 Å². The molecule has 1 rings (SSSR count). The van der Waals surface area contributed by atoms with Crippen LogP contribution >= 0.6 is 0 Å². The Morgan fingerprint density at radius 2 is 1.56 bits per heavy atom. The molecule has 198 valence electrons. The van der Waals surface area contributed by atoms with Crippen LogP contribution in [0.5, 0.6) is 11.5 Å². The highest BCUT2D eigenvalue weighted by atomic mass is 16.5. The third-order valence-electron chi connectivity index (χ3n) is 4.44. The number of aliphatic hydroxyl groups is 1. The third kappa shape index (κ3) is 17.1. The molecule has 0 amide bonds. The van der Waals surface area contributed by atoms with Crippen molar-refractivity contribution < 1.29 is 24.1 Å². The van der Waals surface area contributed by atoms with Crippen molar-refractivity contribution in [2.45, 2.75) is 101 Å². The summed E-state index contributed by atoms with van der Waals surface area (Å²) in [5, 5.41) is 9.44. The number of methoxy groups -OCH3 is 2. The zero-order chi connectivity index (χ0) is 26.9. The molecule has 0 unspecified atom stereocenters. The van der Waals surface area contributed by atoms with Crippen molar-refractivity contribution in [3.05, 3.63) is 46.9 Å². The van der Waals surface area contributed by atoms with E-state index in [4.69, 9.17) is 14.2 Å². The molecule has 0 saturated heterocycles. The number of hydrogen-bond acceptors (Lipinski definition) is 5. The highest BCUT2D eigenvalue weighted by Crippen LogP contribution is 2.28. The molecule has 0 aliphatic heterocycles. The summed E-state index contributed by atoms with van der Waals surface area (Å²) in [6.45, 7) is 18.4. The highest BCUT2D eigenvalue weighted by molar-refractivity contribution is 5.94. The highest BCUT2D eigenvalue weighted by Gasteiger charge is 2.08. The van der Waals surface area contributed by atoms with Gasteiger partial charge in [-0.25, -0.2) is 0 Å². The van der Waals surface area contributed by atoms with Gasteiger partial charge in [0.25, 0.3) is 0 Å². The van der Waals surface area contributed by atoms with E-state index in [1.54, 1.807) is 39.3 Å². The summed E-state index contributed by atoms with van der Waals surface area (Å²) in [7, 11) is 3.18. The van der Waals surface area contributed by atoms with E-state index < -0.39 is 0 Å². The fourth-order valence-corrected chi connectivity index (χ4v) is 2.67. The molecule has 0 atom stereocenters. The van der Waals surface area contributed by atoms with Crippen molar-refractivity contribution in [2.75, 3.05) is 20.8 Å². The van der Waals surface area contributed by atoms with Crippen LogP contribution in [0.1, 0.15) is 111 Å². The summed E-state index contributed by atoms with van der Waals surface area (Å²) < 4.78 is 15.9. The van der Waals surface area contributed by atoms with E-state index in [2.05, 4.69) is 13.8 Å². The number of Topliss-reactive ketones (excluding diaryl/α,β-unsaturated/α-hetero) is 1. The molecule has 34 heavy (non-hydrogen) atoms. The van der Waals surface area contributed by atoms with E-state index in [1.165, 1.54) is 5.57 Å². The molecule has 5 heteroatoms. The van der Waals surface area contributed by atoms with Gasteiger partial charge in [0.05, 0.1) is 20.8 Å². The molecule has 0 aliphatic carbocycles. The second-order valence-corrected chi connectivity index (χ2v) is 7.09. The minimum Gasteiger partial charge on any atom is -0.508 e. The zero-order valence-electron chi connectivity index (χ0n) is 23.8. The molecule has 1 aromatic rings. The van der Waals surface area contributed by atoms with Crippen LogP contribution in [0.15, 0.2) is 41.4 Å². The lowest BCUT2D eigenvalue weighted by molar-refractivity contribution is 0.101. The van der Waals surface area contributed by atoms with E-state index in [0.29, 0.717) is 41.6 Å². The number of carbonyl (C=O) groups is 1. The van der Waals surface area contributed by atoms with Crippen LogP contribution in [0.3, 0.4) is 0 Å². The fourth-order valence-electron chi connectivity index (χ4n) is 2.67. The molecule has 0 spiro atoms. The van der Waals surface area contributed by atoms with Gasteiger partial charge in [-0.15, -0.1) is 0 Å². The summed E-state index contributed by atoms with van der Waals surface area (Å²) in [5.74, 6) is 2.26. The quantitative estimate of drug-likeness (QED) is 0.140. The lowest BCUT2D eigenvalue weighted by Gasteiger charge is -2.11.